The fourth-order valence-corrected chi connectivity index (χ4v) is 3.30. The van der Waals surface area contributed by atoms with Gasteiger partial charge in [-0.3, -0.25) is 4.90 Å². The molecule has 0 unspecified atom stereocenters. The third-order valence-corrected chi connectivity index (χ3v) is 4.83. The van der Waals surface area contributed by atoms with Gasteiger partial charge in [-0.1, -0.05) is 29.8 Å². The minimum absolute atomic E-state index is 0.203. The summed E-state index contributed by atoms with van der Waals surface area (Å²) in [4.78, 5) is 2.54. The van der Waals surface area contributed by atoms with Gasteiger partial charge >= 0.3 is 0 Å². The Labute approximate surface area is 138 Å². The third-order valence-electron chi connectivity index (χ3n) is 4.83. The lowest BCUT2D eigenvalue weighted by Gasteiger charge is -2.23. The molecule has 0 radical (unpaired) electrons. The molecule has 3 heteroatoms. The normalized spacial score (nSPS) is 15.4. The van der Waals surface area contributed by atoms with E-state index >= 15 is 0 Å². The predicted molar refractivity (Wildman–Crippen MR) is 92.9 cm³/mol. The van der Waals surface area contributed by atoms with E-state index in [1.807, 2.05) is 12.1 Å². The van der Waals surface area contributed by atoms with E-state index in [1.54, 1.807) is 13.2 Å². The summed E-state index contributed by atoms with van der Waals surface area (Å²) in [6, 6.07) is 12.9. The quantitative estimate of drug-likeness (QED) is 0.904. The molecule has 1 aliphatic heterocycles. The summed E-state index contributed by atoms with van der Waals surface area (Å²) in [5, 5.41) is 9.67. The van der Waals surface area contributed by atoms with Crippen molar-refractivity contribution in [2.45, 2.75) is 45.8 Å². The number of hydrogen-bond acceptors (Lipinski definition) is 3. The van der Waals surface area contributed by atoms with Crippen molar-refractivity contribution in [1.29, 1.82) is 0 Å². The van der Waals surface area contributed by atoms with Crippen molar-refractivity contribution in [3.05, 3.63) is 58.7 Å². The molecule has 0 aromatic heterocycles. The minimum Gasteiger partial charge on any atom is -0.504 e. The first-order chi connectivity index (χ1) is 11.1. The van der Waals surface area contributed by atoms with Crippen molar-refractivity contribution in [3.63, 3.8) is 0 Å². The molecule has 0 fully saturated rings. The van der Waals surface area contributed by atoms with Crippen molar-refractivity contribution in [2.75, 3.05) is 7.11 Å². The summed E-state index contributed by atoms with van der Waals surface area (Å²) in [6.45, 7) is 6.56. The van der Waals surface area contributed by atoms with Crippen molar-refractivity contribution >= 4 is 0 Å². The minimum atomic E-state index is 0.203. The number of aryl methyl sites for hydroxylation is 2. The van der Waals surface area contributed by atoms with Crippen LogP contribution in [0.2, 0.25) is 0 Å². The number of fused-ring (bicyclic) bond motifs is 1. The van der Waals surface area contributed by atoms with Gasteiger partial charge in [-0.05, 0) is 55.5 Å². The zero-order valence-corrected chi connectivity index (χ0v) is 14.2. The first-order valence-electron chi connectivity index (χ1n) is 8.25. The van der Waals surface area contributed by atoms with Crippen LogP contribution in [0.1, 0.15) is 35.6 Å². The smallest absolute Gasteiger partial charge is 0.160 e. The highest BCUT2D eigenvalue weighted by Gasteiger charge is 2.22. The molecule has 122 valence electrons. The summed E-state index contributed by atoms with van der Waals surface area (Å²) in [6.07, 6.45) is 2.09. The molecule has 3 rings (SSSR count). The van der Waals surface area contributed by atoms with Gasteiger partial charge in [0, 0.05) is 19.1 Å². The molecule has 2 aromatic carbocycles. The van der Waals surface area contributed by atoms with E-state index in [2.05, 4.69) is 36.9 Å². The number of benzene rings is 2. The number of aromatic hydroxyl groups is 1. The number of methoxy groups -OCH3 is 1. The summed E-state index contributed by atoms with van der Waals surface area (Å²) in [5.74, 6) is 0.758. The third kappa shape index (κ3) is 3.50. The molecule has 2 aromatic rings. The molecule has 3 nitrogen and oxygen atoms in total. The highest BCUT2D eigenvalue weighted by molar-refractivity contribution is 5.41. The van der Waals surface area contributed by atoms with E-state index in [4.69, 9.17) is 4.74 Å². The van der Waals surface area contributed by atoms with Gasteiger partial charge in [-0.2, -0.15) is 0 Å². The Morgan fingerprint density at radius 2 is 1.91 bits per heavy atom. The maximum Gasteiger partial charge on any atom is 0.160 e. The van der Waals surface area contributed by atoms with Crippen LogP contribution in [0, 0.1) is 6.92 Å². The summed E-state index contributed by atoms with van der Waals surface area (Å²) in [7, 11) is 1.59. The maximum absolute atomic E-state index is 9.67. The van der Waals surface area contributed by atoms with E-state index in [1.165, 1.54) is 22.3 Å². The number of hydrogen-bond donors (Lipinski definition) is 1. The van der Waals surface area contributed by atoms with Gasteiger partial charge < -0.3 is 9.84 Å². The Morgan fingerprint density at radius 3 is 2.70 bits per heavy atom. The lowest BCUT2D eigenvalue weighted by molar-refractivity contribution is 0.203. The zero-order chi connectivity index (χ0) is 16.4. The summed E-state index contributed by atoms with van der Waals surface area (Å²) >= 11 is 0. The molecule has 0 amide bonds. The highest BCUT2D eigenvalue weighted by Crippen LogP contribution is 2.29. The van der Waals surface area contributed by atoms with Gasteiger partial charge in [-0.25, -0.2) is 0 Å². The number of phenolic OH excluding ortho intramolecular Hbond substituents is 1. The Balaban J connectivity index is 1.59. The van der Waals surface area contributed by atoms with E-state index in [0.29, 0.717) is 11.8 Å². The van der Waals surface area contributed by atoms with Crippen molar-refractivity contribution in [1.82, 2.24) is 4.90 Å². The lowest BCUT2D eigenvalue weighted by Crippen LogP contribution is -2.28. The summed E-state index contributed by atoms with van der Waals surface area (Å²) < 4.78 is 5.19. The maximum atomic E-state index is 9.67. The molecule has 23 heavy (non-hydrogen) atoms. The average molecular weight is 311 g/mol. The second-order valence-corrected chi connectivity index (χ2v) is 6.57. The fourth-order valence-electron chi connectivity index (χ4n) is 3.30. The molecule has 0 aliphatic carbocycles. The number of nitrogens with zero attached hydrogens (tertiary/aromatic N) is 1. The van der Waals surface area contributed by atoms with E-state index in [9.17, 15) is 5.11 Å². The van der Waals surface area contributed by atoms with Crippen LogP contribution < -0.4 is 4.74 Å². The number of rotatable bonds is 5. The first-order valence-corrected chi connectivity index (χ1v) is 8.25. The monoisotopic (exact) mass is 311 g/mol. The number of phenols is 1. The van der Waals surface area contributed by atoms with Crippen LogP contribution in [0.4, 0.5) is 0 Å². The molecule has 0 spiro atoms. The molecule has 1 heterocycles. The molecular weight excluding hydrogens is 286 g/mol. The van der Waals surface area contributed by atoms with Crippen LogP contribution in [0.5, 0.6) is 11.5 Å². The van der Waals surface area contributed by atoms with Crippen molar-refractivity contribution < 1.29 is 9.84 Å². The van der Waals surface area contributed by atoms with E-state index in [0.717, 1.165) is 25.9 Å². The lowest BCUT2D eigenvalue weighted by atomic mass is 10.0. The van der Waals surface area contributed by atoms with E-state index < -0.39 is 0 Å². The highest BCUT2D eigenvalue weighted by atomic mass is 16.5. The second-order valence-electron chi connectivity index (χ2n) is 6.57. The largest absolute Gasteiger partial charge is 0.504 e. The van der Waals surface area contributed by atoms with Crippen LogP contribution in [0.25, 0.3) is 0 Å². The van der Waals surface area contributed by atoms with Crippen LogP contribution in [0.15, 0.2) is 36.4 Å². The van der Waals surface area contributed by atoms with E-state index in [-0.39, 0.29) is 5.75 Å². The van der Waals surface area contributed by atoms with Gasteiger partial charge in [0.05, 0.1) is 7.11 Å². The number of ether oxygens (including phenoxy) is 1. The summed E-state index contributed by atoms with van der Waals surface area (Å²) in [5.41, 5.74) is 5.49. The molecule has 1 atom stereocenters. The van der Waals surface area contributed by atoms with Gasteiger partial charge in [0.25, 0.3) is 0 Å². The molecule has 1 aliphatic rings. The fraction of sp³-hybridized carbons (Fsp3) is 0.400. The Kier molecular flexibility index (Phi) is 4.58. The van der Waals surface area contributed by atoms with Crippen LogP contribution in [0.3, 0.4) is 0 Å². The van der Waals surface area contributed by atoms with Gasteiger partial charge in [-0.15, -0.1) is 0 Å². The van der Waals surface area contributed by atoms with Crippen LogP contribution in [-0.4, -0.2) is 23.2 Å². The molecule has 0 saturated heterocycles. The first kappa shape index (κ1) is 15.9. The average Bonchev–Trinajstić information content (AvgIpc) is 2.97. The van der Waals surface area contributed by atoms with Gasteiger partial charge in [0.2, 0.25) is 0 Å². The molecule has 0 bridgehead atoms. The van der Waals surface area contributed by atoms with Crippen LogP contribution >= 0.6 is 0 Å². The topological polar surface area (TPSA) is 32.7 Å². The second kappa shape index (κ2) is 6.63. The van der Waals surface area contributed by atoms with Crippen LogP contribution in [-0.2, 0) is 19.5 Å². The Morgan fingerprint density at radius 1 is 1.13 bits per heavy atom. The van der Waals surface area contributed by atoms with Gasteiger partial charge in [0.1, 0.15) is 0 Å². The molecule has 0 saturated carbocycles. The molecule has 1 N–H and O–H groups in total. The Hall–Kier alpha value is -2.00. The van der Waals surface area contributed by atoms with Crippen molar-refractivity contribution in [2.24, 2.45) is 0 Å². The Bertz CT molecular complexity index is 696. The van der Waals surface area contributed by atoms with Gasteiger partial charge in [0.15, 0.2) is 11.5 Å². The standard InChI is InChI=1S/C20H25NO2/c1-14-4-8-17-12-21(13-18(17)10-14)15(2)5-6-16-7-9-19(22)20(11-16)23-3/h4,7-11,15,22H,5-6,12-13H2,1-3H3/t15-/m1/s1. The van der Waals surface area contributed by atoms with Crippen molar-refractivity contribution in [3.8, 4) is 11.5 Å². The zero-order valence-electron chi connectivity index (χ0n) is 14.2. The predicted octanol–water partition coefficient (Wildman–Crippen LogP) is 4.05. The SMILES string of the molecule is COc1cc(CC[C@@H](C)N2Cc3ccc(C)cc3C2)ccc1O. The molecular formula is C20H25NO2.